The van der Waals surface area contributed by atoms with E-state index >= 15 is 0 Å². The van der Waals surface area contributed by atoms with Crippen molar-refractivity contribution in [2.24, 2.45) is 11.7 Å². The van der Waals surface area contributed by atoms with E-state index < -0.39 is 10.0 Å². The lowest BCUT2D eigenvalue weighted by Crippen LogP contribution is -2.29. The van der Waals surface area contributed by atoms with Gasteiger partial charge in [-0.15, -0.1) is 0 Å². The van der Waals surface area contributed by atoms with Gasteiger partial charge in [0, 0.05) is 18.7 Å². The maximum atomic E-state index is 12.2. The zero-order valence-electron chi connectivity index (χ0n) is 11.3. The standard InChI is InChI=1S/C13H18N2O3S2/c1-9-6-11(2-3-12(9)13(14)19)20(16,17)15-7-10-4-5-18-8-10/h2-3,6,10,15H,4-5,7-8H2,1H3,(H2,14,19). The van der Waals surface area contributed by atoms with E-state index in [0.29, 0.717) is 25.3 Å². The minimum atomic E-state index is -3.50. The first-order chi connectivity index (χ1) is 9.40. The Morgan fingerprint density at radius 2 is 2.30 bits per heavy atom. The fraction of sp³-hybridized carbons (Fsp3) is 0.462. The van der Waals surface area contributed by atoms with Crippen LogP contribution in [0.1, 0.15) is 17.5 Å². The van der Waals surface area contributed by atoms with Crippen molar-refractivity contribution in [1.82, 2.24) is 4.72 Å². The van der Waals surface area contributed by atoms with Gasteiger partial charge in [0.2, 0.25) is 10.0 Å². The summed E-state index contributed by atoms with van der Waals surface area (Å²) in [5.74, 6) is 0.252. The van der Waals surface area contributed by atoms with E-state index in [1.54, 1.807) is 19.1 Å². The van der Waals surface area contributed by atoms with Gasteiger partial charge in [-0.3, -0.25) is 0 Å². The molecule has 0 saturated carbocycles. The van der Waals surface area contributed by atoms with Crippen LogP contribution < -0.4 is 10.5 Å². The van der Waals surface area contributed by atoms with Crippen molar-refractivity contribution in [3.05, 3.63) is 29.3 Å². The van der Waals surface area contributed by atoms with Crippen LogP contribution in [0.4, 0.5) is 0 Å². The molecule has 0 aromatic heterocycles. The van der Waals surface area contributed by atoms with Crippen LogP contribution in [-0.2, 0) is 14.8 Å². The van der Waals surface area contributed by atoms with Crippen molar-refractivity contribution >= 4 is 27.2 Å². The van der Waals surface area contributed by atoms with Crippen LogP contribution in [0, 0.1) is 12.8 Å². The van der Waals surface area contributed by atoms with Crippen molar-refractivity contribution in [1.29, 1.82) is 0 Å². The summed E-state index contributed by atoms with van der Waals surface area (Å²) in [4.78, 5) is 0.497. The molecule has 0 amide bonds. The zero-order valence-corrected chi connectivity index (χ0v) is 12.9. The normalized spacial score (nSPS) is 19.1. The van der Waals surface area contributed by atoms with E-state index in [4.69, 9.17) is 22.7 Å². The number of nitrogens with one attached hydrogen (secondary N) is 1. The fourth-order valence-corrected chi connectivity index (χ4v) is 3.56. The van der Waals surface area contributed by atoms with E-state index in [0.717, 1.165) is 12.0 Å². The molecule has 1 aliphatic rings. The fourth-order valence-electron chi connectivity index (χ4n) is 2.13. The number of nitrogens with two attached hydrogens (primary N) is 1. The lowest BCUT2D eigenvalue weighted by Gasteiger charge is -2.12. The largest absolute Gasteiger partial charge is 0.389 e. The molecule has 1 atom stereocenters. The Hall–Kier alpha value is -1.02. The minimum absolute atomic E-state index is 0.230. The number of hydrogen-bond acceptors (Lipinski definition) is 4. The maximum absolute atomic E-state index is 12.2. The van der Waals surface area contributed by atoms with Gasteiger partial charge in [-0.05, 0) is 37.0 Å². The highest BCUT2D eigenvalue weighted by atomic mass is 32.2. The lowest BCUT2D eigenvalue weighted by molar-refractivity contribution is 0.186. The Morgan fingerprint density at radius 1 is 1.55 bits per heavy atom. The van der Waals surface area contributed by atoms with Crippen LogP contribution in [-0.4, -0.2) is 33.2 Å². The van der Waals surface area contributed by atoms with Gasteiger partial charge in [0.15, 0.2) is 0 Å². The van der Waals surface area contributed by atoms with E-state index in [2.05, 4.69) is 4.72 Å². The minimum Gasteiger partial charge on any atom is -0.389 e. The number of benzene rings is 1. The number of aryl methyl sites for hydroxylation is 1. The van der Waals surface area contributed by atoms with Crippen molar-refractivity contribution in [3.63, 3.8) is 0 Å². The van der Waals surface area contributed by atoms with Crippen molar-refractivity contribution in [2.75, 3.05) is 19.8 Å². The van der Waals surface area contributed by atoms with Crippen molar-refractivity contribution in [3.8, 4) is 0 Å². The predicted molar refractivity (Wildman–Crippen MR) is 81.2 cm³/mol. The van der Waals surface area contributed by atoms with Gasteiger partial charge >= 0.3 is 0 Å². The third kappa shape index (κ3) is 3.54. The molecule has 1 aliphatic heterocycles. The molecule has 7 heteroatoms. The van der Waals surface area contributed by atoms with Crippen LogP contribution in [0.25, 0.3) is 0 Å². The molecular weight excluding hydrogens is 296 g/mol. The smallest absolute Gasteiger partial charge is 0.240 e. The molecule has 0 spiro atoms. The number of sulfonamides is 1. The Kier molecular flexibility index (Phi) is 4.74. The highest BCUT2D eigenvalue weighted by molar-refractivity contribution is 7.89. The summed E-state index contributed by atoms with van der Waals surface area (Å²) < 4.78 is 32.3. The first-order valence-corrected chi connectivity index (χ1v) is 8.27. The first kappa shape index (κ1) is 15.4. The summed E-state index contributed by atoms with van der Waals surface area (Å²) in [7, 11) is -3.50. The highest BCUT2D eigenvalue weighted by Gasteiger charge is 2.20. The van der Waals surface area contributed by atoms with Crippen molar-refractivity contribution < 1.29 is 13.2 Å². The number of rotatable bonds is 5. The van der Waals surface area contributed by atoms with E-state index in [-0.39, 0.29) is 15.8 Å². The van der Waals surface area contributed by atoms with Gasteiger partial charge in [-0.2, -0.15) is 0 Å². The summed E-state index contributed by atoms with van der Waals surface area (Å²) in [5.41, 5.74) is 7.02. The average Bonchev–Trinajstić information content (AvgIpc) is 2.89. The molecular formula is C13H18N2O3S2. The third-order valence-electron chi connectivity index (χ3n) is 3.36. The SMILES string of the molecule is Cc1cc(S(=O)(=O)NCC2CCOC2)ccc1C(N)=S. The predicted octanol–water partition coefficient (Wildman–Crippen LogP) is 0.944. The first-order valence-electron chi connectivity index (χ1n) is 6.38. The summed E-state index contributed by atoms with van der Waals surface area (Å²) >= 11 is 4.91. The molecule has 1 heterocycles. The second kappa shape index (κ2) is 6.17. The van der Waals surface area contributed by atoms with Crippen LogP contribution in [0.15, 0.2) is 23.1 Å². The Balaban J connectivity index is 2.12. The Labute approximate surface area is 124 Å². The lowest BCUT2D eigenvalue weighted by atomic mass is 10.1. The monoisotopic (exact) mass is 314 g/mol. The van der Waals surface area contributed by atoms with Gasteiger partial charge < -0.3 is 10.5 Å². The Morgan fingerprint density at radius 3 is 2.85 bits per heavy atom. The molecule has 1 aromatic rings. The van der Waals surface area contributed by atoms with Gasteiger partial charge in [-0.25, -0.2) is 13.1 Å². The van der Waals surface area contributed by atoms with Gasteiger partial charge in [-0.1, -0.05) is 18.3 Å². The highest BCUT2D eigenvalue weighted by Crippen LogP contribution is 2.17. The summed E-state index contributed by atoms with van der Waals surface area (Å²) in [6.45, 7) is 3.51. The molecule has 5 nitrogen and oxygen atoms in total. The second-order valence-electron chi connectivity index (χ2n) is 4.92. The molecule has 0 aliphatic carbocycles. The van der Waals surface area contributed by atoms with Gasteiger partial charge in [0.25, 0.3) is 0 Å². The molecule has 0 bridgehead atoms. The van der Waals surface area contributed by atoms with Crippen LogP contribution >= 0.6 is 12.2 Å². The van der Waals surface area contributed by atoms with E-state index in [1.807, 2.05) is 0 Å². The van der Waals surface area contributed by atoms with E-state index in [1.165, 1.54) is 6.07 Å². The quantitative estimate of drug-likeness (QED) is 0.791. The Bertz CT molecular complexity index is 608. The topological polar surface area (TPSA) is 81.4 Å². The molecule has 3 N–H and O–H groups in total. The molecule has 110 valence electrons. The number of ether oxygens (including phenoxy) is 1. The van der Waals surface area contributed by atoms with E-state index in [9.17, 15) is 8.42 Å². The maximum Gasteiger partial charge on any atom is 0.240 e. The molecule has 1 saturated heterocycles. The van der Waals surface area contributed by atoms with Gasteiger partial charge in [0.05, 0.1) is 11.5 Å². The zero-order chi connectivity index (χ0) is 14.8. The van der Waals surface area contributed by atoms with Crippen molar-refractivity contribution in [2.45, 2.75) is 18.2 Å². The van der Waals surface area contributed by atoms with Crippen LogP contribution in [0.2, 0.25) is 0 Å². The van der Waals surface area contributed by atoms with Crippen LogP contribution in [0.3, 0.4) is 0 Å². The molecule has 2 rings (SSSR count). The third-order valence-corrected chi connectivity index (χ3v) is 5.00. The summed E-state index contributed by atoms with van der Waals surface area (Å²) in [5, 5.41) is 0. The number of hydrogen-bond donors (Lipinski definition) is 2. The number of thiocarbonyl (C=S) groups is 1. The molecule has 20 heavy (non-hydrogen) atoms. The van der Waals surface area contributed by atoms with Crippen LogP contribution in [0.5, 0.6) is 0 Å². The molecule has 1 aromatic carbocycles. The molecule has 1 fully saturated rings. The molecule has 1 unspecified atom stereocenters. The van der Waals surface area contributed by atoms with Gasteiger partial charge in [0.1, 0.15) is 4.99 Å². The average molecular weight is 314 g/mol. The summed E-state index contributed by atoms with van der Waals surface area (Å²) in [6, 6.07) is 4.75. The molecule has 0 radical (unpaired) electrons. The summed E-state index contributed by atoms with van der Waals surface area (Å²) in [6.07, 6.45) is 0.891. The second-order valence-corrected chi connectivity index (χ2v) is 7.13.